The van der Waals surface area contributed by atoms with Gasteiger partial charge in [-0.2, -0.15) is 5.10 Å². The first kappa shape index (κ1) is 27.9. The Labute approximate surface area is 150 Å². The van der Waals surface area contributed by atoms with E-state index in [4.69, 9.17) is 11.0 Å². The molecule has 4 nitrogen and oxygen atoms in total. The number of nitrogens with two attached hydrogens (primary N) is 1. The molecule has 1 aliphatic rings. The first-order valence-electron chi connectivity index (χ1n) is 6.47. The molecule has 1 aliphatic carbocycles. The van der Waals surface area contributed by atoms with E-state index in [1.807, 2.05) is 0 Å². The number of hydrogen-bond donors (Lipinski definition) is 2. The number of hydrogen-bond acceptors (Lipinski definition) is 4. The Hall–Kier alpha value is -0.921. The van der Waals surface area contributed by atoms with Crippen molar-refractivity contribution in [3.8, 4) is 0 Å². The van der Waals surface area contributed by atoms with Crippen LogP contribution in [-0.2, 0) is 20.1 Å². The third-order valence-corrected chi connectivity index (χ3v) is 2.20. The van der Waals surface area contributed by atoms with Gasteiger partial charge in [-0.1, -0.05) is 29.5 Å². The van der Waals surface area contributed by atoms with E-state index in [0.717, 1.165) is 0 Å². The van der Waals surface area contributed by atoms with Crippen molar-refractivity contribution >= 4 is 19.2 Å². The van der Waals surface area contributed by atoms with E-state index in [0.29, 0.717) is 11.4 Å². The van der Waals surface area contributed by atoms with E-state index < -0.39 is 7.81 Å². The largest absolute Gasteiger partial charge is 0 e. The maximum absolute atomic E-state index is 10.7. The Balaban J connectivity index is -0.000000271. The molecule has 0 aromatic carbocycles. The van der Waals surface area contributed by atoms with Crippen LogP contribution in [0.2, 0.25) is 0 Å². The monoisotopic (exact) mass is 561 g/mol. The quantitative estimate of drug-likeness (QED) is 0.0760. The van der Waals surface area contributed by atoms with Crippen molar-refractivity contribution in [1.29, 1.82) is 0 Å². The van der Waals surface area contributed by atoms with Crippen LogP contribution in [0.5, 0.6) is 0 Å². The van der Waals surface area contributed by atoms with Gasteiger partial charge in [-0.15, -0.1) is 0 Å². The molecule has 0 unspecified atom stereocenters. The second kappa shape index (κ2) is 10.8. The first-order valence-corrected chi connectivity index (χ1v) is 8.50. The molecule has 0 bridgehead atoms. The fourth-order valence-electron chi connectivity index (χ4n) is 1.02. The standard InChI is InChI=1S/C8H12.C4H9N3O.F6P.Ir/c1-2-4-6-8-7-5-3-1;1-3(6-5)4(2)7-8;1-7(2,3,4,5)6;/h1-2,7-8H,3-6H2;8H,5H2,1-2H3;;/q;;-1;/b2-1-,8-7-;6-3+,7-4+;;. The van der Waals surface area contributed by atoms with Gasteiger partial charge >= 0.3 is 33.0 Å². The van der Waals surface area contributed by atoms with Crippen LogP contribution in [0.15, 0.2) is 34.6 Å². The van der Waals surface area contributed by atoms with Crippen LogP contribution in [0.25, 0.3) is 0 Å². The number of halogens is 6. The third kappa shape index (κ3) is 37.4. The van der Waals surface area contributed by atoms with Crippen LogP contribution in [0.4, 0.5) is 25.2 Å². The molecule has 1 rings (SSSR count). The summed E-state index contributed by atoms with van der Waals surface area (Å²) in [5, 5.41) is 14.2. The molecule has 12 heteroatoms. The Morgan fingerprint density at radius 1 is 0.833 bits per heavy atom. The van der Waals surface area contributed by atoms with Crippen LogP contribution in [0.3, 0.4) is 0 Å². The number of nitrogens with zero attached hydrogens (tertiary/aromatic N) is 2. The summed E-state index contributed by atoms with van der Waals surface area (Å²) >= 11 is 0. The summed E-state index contributed by atoms with van der Waals surface area (Å²) in [6.45, 7) is 3.28. The molecule has 0 fully saturated rings. The van der Waals surface area contributed by atoms with Gasteiger partial charge in [0.15, 0.2) is 0 Å². The Bertz CT molecular complexity index is 420. The van der Waals surface area contributed by atoms with Crippen LogP contribution in [0, 0.1) is 0 Å². The van der Waals surface area contributed by atoms with E-state index in [9.17, 15) is 25.2 Å². The predicted octanol–water partition coefficient (Wildman–Crippen LogP) is 6.22. The second-order valence-electron chi connectivity index (χ2n) is 4.46. The fraction of sp³-hybridized carbons (Fsp3) is 0.500. The molecule has 0 aromatic heterocycles. The van der Waals surface area contributed by atoms with Crippen molar-refractivity contribution in [2.45, 2.75) is 39.5 Å². The van der Waals surface area contributed by atoms with Gasteiger partial charge < -0.3 is 11.0 Å². The van der Waals surface area contributed by atoms with Gasteiger partial charge in [0.2, 0.25) is 0 Å². The molecule has 1 radical (unpaired) electrons. The Morgan fingerprint density at radius 3 is 1.21 bits per heavy atom. The van der Waals surface area contributed by atoms with Crippen LogP contribution < -0.4 is 5.84 Å². The molecule has 0 saturated carbocycles. The fourth-order valence-corrected chi connectivity index (χ4v) is 1.02. The van der Waals surface area contributed by atoms with Crippen molar-refractivity contribution in [3.05, 3.63) is 24.3 Å². The SMILES string of the molecule is C1=C\CC/C=C\CC/1.CC(=N\N)/C(C)=N/O.F[P-](F)(F)(F)(F)F.[Ir]. The summed E-state index contributed by atoms with van der Waals surface area (Å²) in [6, 6.07) is 0. The van der Waals surface area contributed by atoms with Gasteiger partial charge in [0.05, 0.1) is 11.4 Å². The van der Waals surface area contributed by atoms with Gasteiger partial charge in [0.25, 0.3) is 0 Å². The van der Waals surface area contributed by atoms with E-state index in [-0.39, 0.29) is 20.1 Å². The molecule has 0 aliphatic heterocycles. The summed E-state index contributed by atoms with van der Waals surface area (Å²) in [6.07, 6.45) is 14.0. The van der Waals surface area contributed by atoms with Crippen LogP contribution in [0.1, 0.15) is 39.5 Å². The first-order chi connectivity index (χ1) is 10.2. The summed E-state index contributed by atoms with van der Waals surface area (Å²) in [7, 11) is -10.7. The average Bonchev–Trinajstić information content (AvgIpc) is 2.33. The van der Waals surface area contributed by atoms with Crippen molar-refractivity contribution in [2.24, 2.45) is 16.1 Å². The van der Waals surface area contributed by atoms with E-state index in [1.54, 1.807) is 13.8 Å². The number of allylic oxidation sites excluding steroid dienone is 4. The van der Waals surface area contributed by atoms with E-state index in [1.165, 1.54) is 25.7 Å². The molecule has 3 N–H and O–H groups in total. The average molecular weight is 560 g/mol. The maximum Gasteiger partial charge on any atom is 0 e. The third-order valence-electron chi connectivity index (χ3n) is 2.20. The van der Waals surface area contributed by atoms with Gasteiger partial charge in [-0.25, -0.2) is 0 Å². The molecular formula is C12H21F6IrN3OP-. The zero-order valence-corrected chi connectivity index (χ0v) is 16.4. The molecule has 0 amide bonds. The zero-order chi connectivity index (χ0) is 18.6. The summed E-state index contributed by atoms with van der Waals surface area (Å²) in [5.41, 5.74) is 0.972. The van der Waals surface area contributed by atoms with E-state index in [2.05, 4.69) is 34.6 Å². The molecular weight excluding hydrogens is 539 g/mol. The van der Waals surface area contributed by atoms with Gasteiger partial charge in [-0.05, 0) is 39.5 Å². The normalized spacial score (nSPS) is 20.8. The molecule has 24 heavy (non-hydrogen) atoms. The van der Waals surface area contributed by atoms with Gasteiger partial charge in [0.1, 0.15) is 0 Å². The minimum atomic E-state index is -10.7. The Morgan fingerprint density at radius 2 is 1.08 bits per heavy atom. The van der Waals surface area contributed by atoms with Crippen molar-refractivity contribution < 1.29 is 50.5 Å². The zero-order valence-electron chi connectivity index (χ0n) is 13.1. The second-order valence-corrected chi connectivity index (χ2v) is 6.37. The molecule has 0 heterocycles. The van der Waals surface area contributed by atoms with Gasteiger partial charge in [0, 0.05) is 20.1 Å². The minimum absolute atomic E-state index is 0. The summed E-state index contributed by atoms with van der Waals surface area (Å²) < 4.78 is 59.2. The van der Waals surface area contributed by atoms with E-state index >= 15 is 0 Å². The van der Waals surface area contributed by atoms with Crippen LogP contribution >= 0.6 is 7.81 Å². The topological polar surface area (TPSA) is 71.0 Å². The molecule has 147 valence electrons. The smallest absolute Gasteiger partial charge is 0 e. The number of oxime groups is 1. The molecule has 0 saturated heterocycles. The maximum atomic E-state index is 9.87. The Kier molecular flexibility index (Phi) is 12.6. The van der Waals surface area contributed by atoms with Crippen LogP contribution in [-0.4, -0.2) is 16.6 Å². The molecule has 0 atom stereocenters. The number of rotatable bonds is 1. The predicted molar refractivity (Wildman–Crippen MR) is 82.5 cm³/mol. The minimum Gasteiger partial charge on any atom is 0 e. The van der Waals surface area contributed by atoms with Gasteiger partial charge in [-0.3, -0.25) is 0 Å². The molecule has 0 spiro atoms. The van der Waals surface area contributed by atoms with Crippen molar-refractivity contribution in [3.63, 3.8) is 0 Å². The molecule has 0 aromatic rings. The number of hydrazone groups is 1. The summed E-state index contributed by atoms with van der Waals surface area (Å²) in [4.78, 5) is 0. The summed E-state index contributed by atoms with van der Waals surface area (Å²) in [5.74, 6) is 4.84. The van der Waals surface area contributed by atoms with Crippen molar-refractivity contribution in [1.82, 2.24) is 0 Å². The van der Waals surface area contributed by atoms with Crippen molar-refractivity contribution in [2.75, 3.05) is 0 Å².